The predicted molar refractivity (Wildman–Crippen MR) is 199 cm³/mol. The zero-order chi connectivity index (χ0) is 35.5. The van der Waals surface area contributed by atoms with Gasteiger partial charge in [-0.3, -0.25) is 0 Å². The lowest BCUT2D eigenvalue weighted by Gasteiger charge is -2.26. The molecule has 5 aromatic rings. The van der Waals surface area contributed by atoms with E-state index in [1.165, 1.54) is 17.7 Å². The van der Waals surface area contributed by atoms with Gasteiger partial charge in [0.25, 0.3) is 0 Å². The van der Waals surface area contributed by atoms with Gasteiger partial charge in [0.15, 0.2) is 0 Å². The first kappa shape index (κ1) is 34.1. The molecule has 0 amide bonds. The molecule has 0 aromatic heterocycles. The van der Waals surface area contributed by atoms with Crippen LogP contribution in [0, 0.1) is 29.6 Å². The molecule has 242 valence electrons. The molecule has 2 N–H and O–H groups in total. The van der Waals surface area contributed by atoms with E-state index in [0.717, 1.165) is 39.3 Å². The Bertz CT molecular complexity index is 2060. The number of rotatable bonds is 11. The highest BCUT2D eigenvalue weighted by Gasteiger charge is 2.12. The molecule has 0 saturated carbocycles. The Morgan fingerprint density at radius 2 is 0.740 bits per heavy atom. The summed E-state index contributed by atoms with van der Waals surface area (Å²) in [5.41, 5.74) is 8.73. The van der Waals surface area contributed by atoms with Gasteiger partial charge in [0.1, 0.15) is 23.3 Å². The second-order valence-corrected chi connectivity index (χ2v) is 11.3. The summed E-state index contributed by atoms with van der Waals surface area (Å²) in [5.74, 6) is -2.50. The highest BCUT2D eigenvalue weighted by atomic mass is 16.4. The quantitative estimate of drug-likeness (QED) is 0.0826. The standard InChI is InChI=1S/C43H31N3O4/c1-30-2-20-39(21-3-30)46(40-22-16-33(17-23-40)6-4-31-8-12-35(13-9-31)26-37(28-44)42(47)48)41-24-18-34(19-25-41)7-5-32-10-14-36(15-11-32)27-38(29-45)43(49)50/h2-27H,1H3,(H,47,48)(H,49,50)/b6-4+,7-5+,37-26+,38-27+. The van der Waals surface area contributed by atoms with Gasteiger partial charge in [0, 0.05) is 17.1 Å². The summed E-state index contributed by atoms with van der Waals surface area (Å²) in [5, 5.41) is 36.1. The third-order valence-electron chi connectivity index (χ3n) is 7.73. The first-order chi connectivity index (χ1) is 24.2. The number of benzene rings is 5. The van der Waals surface area contributed by atoms with E-state index in [0.29, 0.717) is 11.1 Å². The Morgan fingerprint density at radius 3 is 1.02 bits per heavy atom. The van der Waals surface area contributed by atoms with Crippen LogP contribution < -0.4 is 4.90 Å². The van der Waals surface area contributed by atoms with Gasteiger partial charge in [-0.25, -0.2) is 9.59 Å². The first-order valence-electron chi connectivity index (χ1n) is 15.6. The van der Waals surface area contributed by atoms with E-state index < -0.39 is 11.9 Å². The van der Waals surface area contributed by atoms with Crippen molar-refractivity contribution in [1.29, 1.82) is 10.5 Å². The van der Waals surface area contributed by atoms with Gasteiger partial charge in [-0.1, -0.05) is 115 Å². The largest absolute Gasteiger partial charge is 0.477 e. The average Bonchev–Trinajstić information content (AvgIpc) is 3.13. The van der Waals surface area contributed by atoms with E-state index in [2.05, 4.69) is 84.6 Å². The minimum absolute atomic E-state index is 0.313. The van der Waals surface area contributed by atoms with Crippen molar-refractivity contribution in [1.82, 2.24) is 0 Å². The van der Waals surface area contributed by atoms with Crippen molar-refractivity contribution in [2.75, 3.05) is 4.90 Å². The van der Waals surface area contributed by atoms with E-state index in [1.807, 2.05) is 48.6 Å². The van der Waals surface area contributed by atoms with Crippen LogP contribution in [0.25, 0.3) is 36.5 Å². The van der Waals surface area contributed by atoms with E-state index in [4.69, 9.17) is 20.7 Å². The molecule has 0 aliphatic heterocycles. The van der Waals surface area contributed by atoms with Crippen molar-refractivity contribution in [3.05, 3.63) is 171 Å². The minimum atomic E-state index is -1.25. The Hall–Kier alpha value is -7.22. The van der Waals surface area contributed by atoms with Crippen molar-refractivity contribution in [2.45, 2.75) is 6.92 Å². The van der Waals surface area contributed by atoms with Crippen LogP contribution in [0.3, 0.4) is 0 Å². The van der Waals surface area contributed by atoms with E-state index in [-0.39, 0.29) is 11.1 Å². The molecule has 0 fully saturated rings. The maximum absolute atomic E-state index is 11.1. The number of aliphatic carboxylic acids is 2. The molecular formula is C43H31N3O4. The van der Waals surface area contributed by atoms with Gasteiger partial charge in [-0.2, -0.15) is 10.5 Å². The number of carboxylic acid groups (broad SMARTS) is 2. The van der Waals surface area contributed by atoms with Crippen molar-refractivity contribution in [2.24, 2.45) is 0 Å². The smallest absolute Gasteiger partial charge is 0.346 e. The predicted octanol–water partition coefficient (Wildman–Crippen LogP) is 9.79. The Kier molecular flexibility index (Phi) is 11.0. The number of aryl methyl sites for hydroxylation is 1. The van der Waals surface area contributed by atoms with Crippen LogP contribution in [0.4, 0.5) is 17.1 Å². The minimum Gasteiger partial charge on any atom is -0.477 e. The number of nitriles is 2. The summed E-state index contributed by atoms with van der Waals surface area (Å²) >= 11 is 0. The fourth-order valence-corrected chi connectivity index (χ4v) is 5.02. The zero-order valence-corrected chi connectivity index (χ0v) is 27.1. The fraction of sp³-hybridized carbons (Fsp3) is 0.0233. The van der Waals surface area contributed by atoms with E-state index in [1.54, 1.807) is 36.4 Å². The first-order valence-corrected chi connectivity index (χ1v) is 15.6. The monoisotopic (exact) mass is 653 g/mol. The van der Waals surface area contributed by atoms with Crippen molar-refractivity contribution in [3.63, 3.8) is 0 Å². The number of carbonyl (C=O) groups is 2. The second-order valence-electron chi connectivity index (χ2n) is 11.3. The number of anilines is 3. The van der Waals surface area contributed by atoms with Gasteiger partial charge in [0.2, 0.25) is 0 Å². The second kappa shape index (κ2) is 16.1. The molecule has 0 unspecified atom stereocenters. The molecule has 7 heteroatoms. The topological polar surface area (TPSA) is 125 Å². The third kappa shape index (κ3) is 8.98. The molecule has 0 bridgehead atoms. The number of hydrogen-bond donors (Lipinski definition) is 2. The number of nitrogens with zero attached hydrogens (tertiary/aromatic N) is 3. The molecule has 0 atom stereocenters. The summed E-state index contributed by atoms with van der Waals surface area (Å²) in [6, 6.07) is 42.8. The lowest BCUT2D eigenvalue weighted by Crippen LogP contribution is -2.09. The van der Waals surface area contributed by atoms with Gasteiger partial charge < -0.3 is 15.1 Å². The van der Waals surface area contributed by atoms with E-state index in [9.17, 15) is 9.59 Å². The normalized spacial score (nSPS) is 11.7. The average molecular weight is 654 g/mol. The third-order valence-corrected chi connectivity index (χ3v) is 7.73. The van der Waals surface area contributed by atoms with Crippen LogP contribution in [0.15, 0.2) is 132 Å². The Balaban J connectivity index is 1.32. The zero-order valence-electron chi connectivity index (χ0n) is 27.1. The molecule has 5 aromatic carbocycles. The van der Waals surface area contributed by atoms with E-state index >= 15 is 0 Å². The van der Waals surface area contributed by atoms with Gasteiger partial charge in [0.05, 0.1) is 0 Å². The lowest BCUT2D eigenvalue weighted by atomic mass is 10.1. The van der Waals surface area contributed by atoms with Crippen molar-refractivity contribution < 1.29 is 19.8 Å². The Labute approximate surface area is 290 Å². The summed E-state index contributed by atoms with van der Waals surface area (Å²) in [4.78, 5) is 24.4. The molecule has 7 nitrogen and oxygen atoms in total. The highest BCUT2D eigenvalue weighted by molar-refractivity contribution is 5.97. The summed E-state index contributed by atoms with van der Waals surface area (Å²) in [6.07, 6.45) is 10.7. The molecular weight excluding hydrogens is 622 g/mol. The van der Waals surface area contributed by atoms with Gasteiger partial charge >= 0.3 is 11.9 Å². The molecule has 0 spiro atoms. The molecule has 0 aliphatic carbocycles. The summed E-state index contributed by atoms with van der Waals surface area (Å²) in [7, 11) is 0. The van der Waals surface area contributed by atoms with Gasteiger partial charge in [-0.15, -0.1) is 0 Å². The van der Waals surface area contributed by atoms with Crippen LogP contribution in [0.2, 0.25) is 0 Å². The van der Waals surface area contributed by atoms with Gasteiger partial charge in [-0.05, 0) is 88.9 Å². The van der Waals surface area contributed by atoms with Crippen LogP contribution in [-0.4, -0.2) is 22.2 Å². The fourth-order valence-electron chi connectivity index (χ4n) is 5.02. The van der Waals surface area contributed by atoms with Crippen LogP contribution in [-0.2, 0) is 9.59 Å². The number of carboxylic acids is 2. The number of hydrogen-bond acceptors (Lipinski definition) is 5. The maximum Gasteiger partial charge on any atom is 0.346 e. The van der Waals surface area contributed by atoms with Crippen LogP contribution in [0.5, 0.6) is 0 Å². The van der Waals surface area contributed by atoms with Crippen molar-refractivity contribution >= 4 is 65.5 Å². The summed E-state index contributed by atoms with van der Waals surface area (Å²) in [6.45, 7) is 2.06. The Morgan fingerprint density at radius 1 is 0.480 bits per heavy atom. The van der Waals surface area contributed by atoms with Crippen molar-refractivity contribution in [3.8, 4) is 12.1 Å². The highest BCUT2D eigenvalue weighted by Crippen LogP contribution is 2.35. The molecule has 5 rings (SSSR count). The molecule has 50 heavy (non-hydrogen) atoms. The summed E-state index contributed by atoms with van der Waals surface area (Å²) < 4.78 is 0. The molecule has 0 aliphatic rings. The lowest BCUT2D eigenvalue weighted by molar-refractivity contribution is -0.133. The SMILES string of the molecule is Cc1ccc(N(c2ccc(/C=C/c3ccc(/C=C(\C#N)C(=O)O)cc3)cc2)c2ccc(/C=C/c3ccc(/C=C(\C#N)C(=O)O)cc3)cc2)cc1. The maximum atomic E-state index is 11.1. The molecule has 0 saturated heterocycles. The van der Waals surface area contributed by atoms with Crippen LogP contribution in [0.1, 0.15) is 38.9 Å². The molecule has 0 heterocycles. The molecule has 0 radical (unpaired) electrons. The van der Waals surface area contributed by atoms with Crippen LogP contribution >= 0.6 is 0 Å².